The third-order valence-electron chi connectivity index (χ3n) is 6.76. The molecule has 1 fully saturated rings. The fourth-order valence-corrected chi connectivity index (χ4v) is 5.75. The first-order valence-corrected chi connectivity index (χ1v) is 15.8. The second kappa shape index (κ2) is 7.90. The van der Waals surface area contributed by atoms with Crippen LogP contribution in [0.2, 0.25) is 36.3 Å². The maximum atomic E-state index is 12.3. The molecule has 160 valence electrons. The maximum absolute atomic E-state index is 12.3. The van der Waals surface area contributed by atoms with E-state index in [1.54, 1.807) is 0 Å². The van der Waals surface area contributed by atoms with E-state index in [9.17, 15) is 9.90 Å². The molecule has 7 heteroatoms. The molecule has 1 aliphatic carbocycles. The Bertz CT molecular complexity index is 495. The summed E-state index contributed by atoms with van der Waals surface area (Å²) >= 11 is 0. The molecule has 0 amide bonds. The normalized spacial score (nSPS) is 28.1. The molecule has 0 spiro atoms. The Morgan fingerprint density at radius 2 is 1.22 bits per heavy atom. The van der Waals surface area contributed by atoms with Crippen LogP contribution in [-0.2, 0) is 18.4 Å². The second-order valence-electron chi connectivity index (χ2n) is 11.2. The highest BCUT2D eigenvalue weighted by Gasteiger charge is 2.51. The van der Waals surface area contributed by atoms with Crippen LogP contribution >= 0.6 is 0 Å². The molecule has 0 heterocycles. The van der Waals surface area contributed by atoms with Gasteiger partial charge in [0.05, 0.1) is 19.3 Å². The van der Waals surface area contributed by atoms with Crippen LogP contribution in [0.5, 0.6) is 0 Å². The average Bonchev–Trinajstić information content (AvgIpc) is 2.42. The number of rotatable bonds is 5. The van der Waals surface area contributed by atoms with Crippen molar-refractivity contribution in [2.75, 3.05) is 7.11 Å². The van der Waals surface area contributed by atoms with E-state index in [-0.39, 0.29) is 35.1 Å². The van der Waals surface area contributed by atoms with Crippen molar-refractivity contribution in [1.82, 2.24) is 0 Å². The zero-order valence-corrected chi connectivity index (χ0v) is 21.4. The number of methoxy groups -OCH3 is 1. The summed E-state index contributed by atoms with van der Waals surface area (Å²) in [6.07, 6.45) is 0.822. The number of aliphatic hydroxyl groups is 1. The van der Waals surface area contributed by atoms with E-state index < -0.39 is 28.2 Å². The summed E-state index contributed by atoms with van der Waals surface area (Å²) in [6.45, 7) is 21.9. The second-order valence-corrected chi connectivity index (χ2v) is 20.7. The van der Waals surface area contributed by atoms with Crippen LogP contribution in [0.15, 0.2) is 0 Å². The van der Waals surface area contributed by atoms with Crippen molar-refractivity contribution in [3.63, 3.8) is 0 Å². The van der Waals surface area contributed by atoms with E-state index in [2.05, 4.69) is 67.7 Å². The summed E-state index contributed by atoms with van der Waals surface area (Å²) in [5.41, 5.74) is -1.55. The Morgan fingerprint density at radius 1 is 0.889 bits per heavy atom. The molecule has 1 N–H and O–H groups in total. The van der Waals surface area contributed by atoms with Gasteiger partial charge in [-0.2, -0.15) is 0 Å². The number of ether oxygens (including phenoxy) is 1. The quantitative estimate of drug-likeness (QED) is 0.510. The molecule has 0 aliphatic heterocycles. The summed E-state index contributed by atoms with van der Waals surface area (Å²) in [6, 6.07) is 0. The van der Waals surface area contributed by atoms with Crippen molar-refractivity contribution >= 4 is 22.6 Å². The average molecular weight is 419 g/mol. The lowest BCUT2D eigenvalue weighted by molar-refractivity contribution is -0.174. The van der Waals surface area contributed by atoms with Gasteiger partial charge < -0.3 is 18.7 Å². The zero-order chi connectivity index (χ0) is 21.5. The number of esters is 1. The van der Waals surface area contributed by atoms with Gasteiger partial charge in [-0.3, -0.25) is 0 Å². The first kappa shape index (κ1) is 24.8. The third kappa shape index (κ3) is 5.88. The molecule has 1 saturated carbocycles. The summed E-state index contributed by atoms with van der Waals surface area (Å²) in [7, 11) is -2.74. The Labute approximate surface area is 168 Å². The van der Waals surface area contributed by atoms with Crippen molar-refractivity contribution in [2.24, 2.45) is 0 Å². The van der Waals surface area contributed by atoms with Crippen LogP contribution in [0.1, 0.15) is 60.8 Å². The van der Waals surface area contributed by atoms with Crippen LogP contribution in [-0.4, -0.2) is 52.6 Å². The maximum Gasteiger partial charge on any atom is 0.338 e. The largest absolute Gasteiger partial charge is 0.467 e. The molecule has 1 rings (SSSR count). The SMILES string of the molecule is COC(=O)C1(O)C[C@@H](O[Si](C)(C)C(C)(C)C)C[C@H](O[Si](C)(C)C(C)(C)C)C1. The smallest absolute Gasteiger partial charge is 0.338 e. The predicted molar refractivity (Wildman–Crippen MR) is 115 cm³/mol. The lowest BCUT2D eigenvalue weighted by Gasteiger charge is -2.47. The fraction of sp³-hybridized carbons (Fsp3) is 0.950. The highest BCUT2D eigenvalue weighted by atomic mass is 28.4. The molecule has 1 aliphatic rings. The van der Waals surface area contributed by atoms with Crippen LogP contribution in [0.25, 0.3) is 0 Å². The molecule has 2 atom stereocenters. The number of carbonyl (C=O) groups is 1. The Morgan fingerprint density at radius 3 is 1.48 bits per heavy atom. The van der Waals surface area contributed by atoms with Gasteiger partial charge in [0.1, 0.15) is 0 Å². The van der Waals surface area contributed by atoms with Crippen LogP contribution < -0.4 is 0 Å². The Balaban J connectivity index is 3.11. The van der Waals surface area contributed by atoms with Crippen LogP contribution in [0.4, 0.5) is 0 Å². The first-order valence-electron chi connectivity index (χ1n) is 10.0. The van der Waals surface area contributed by atoms with Gasteiger partial charge in [-0.05, 0) is 42.7 Å². The molecule has 27 heavy (non-hydrogen) atoms. The van der Waals surface area contributed by atoms with Crippen molar-refractivity contribution < 1.29 is 23.5 Å². The van der Waals surface area contributed by atoms with E-state index in [0.717, 1.165) is 0 Å². The van der Waals surface area contributed by atoms with Gasteiger partial charge in [-0.15, -0.1) is 0 Å². The van der Waals surface area contributed by atoms with Gasteiger partial charge in [0.2, 0.25) is 0 Å². The van der Waals surface area contributed by atoms with E-state index in [0.29, 0.717) is 6.42 Å². The van der Waals surface area contributed by atoms with Crippen molar-refractivity contribution in [3.8, 4) is 0 Å². The number of hydrogen-bond donors (Lipinski definition) is 1. The molecule has 0 radical (unpaired) electrons. The van der Waals surface area contributed by atoms with Crippen LogP contribution in [0, 0.1) is 0 Å². The number of carbonyl (C=O) groups excluding carboxylic acids is 1. The lowest BCUT2D eigenvalue weighted by atomic mass is 9.81. The fourth-order valence-electron chi connectivity index (χ4n) is 3.02. The summed E-state index contributed by atoms with van der Waals surface area (Å²) in [5.74, 6) is -0.588. The minimum Gasteiger partial charge on any atom is -0.467 e. The predicted octanol–water partition coefficient (Wildman–Crippen LogP) is 4.86. The van der Waals surface area contributed by atoms with Gasteiger partial charge in [0, 0.05) is 12.8 Å². The molecule has 0 unspecified atom stereocenters. The molecule has 0 aromatic rings. The van der Waals surface area contributed by atoms with Crippen molar-refractivity contribution in [1.29, 1.82) is 0 Å². The van der Waals surface area contributed by atoms with Gasteiger partial charge in [0.25, 0.3) is 0 Å². The molecule has 0 saturated heterocycles. The molecule has 0 bridgehead atoms. The highest BCUT2D eigenvalue weighted by Crippen LogP contribution is 2.44. The summed E-state index contributed by atoms with van der Waals surface area (Å²) < 4.78 is 18.0. The third-order valence-corrected chi connectivity index (χ3v) is 15.8. The molecule has 0 aromatic heterocycles. The van der Waals surface area contributed by atoms with E-state index in [1.165, 1.54) is 7.11 Å². The van der Waals surface area contributed by atoms with Gasteiger partial charge in [-0.1, -0.05) is 41.5 Å². The van der Waals surface area contributed by atoms with Gasteiger partial charge >= 0.3 is 5.97 Å². The van der Waals surface area contributed by atoms with Crippen LogP contribution in [0.3, 0.4) is 0 Å². The molecule has 0 aromatic carbocycles. The highest BCUT2D eigenvalue weighted by molar-refractivity contribution is 6.74. The Hall–Kier alpha value is -0.216. The van der Waals surface area contributed by atoms with Gasteiger partial charge in [0.15, 0.2) is 22.2 Å². The zero-order valence-electron chi connectivity index (χ0n) is 19.4. The molecular weight excluding hydrogens is 376 g/mol. The molecule has 5 nitrogen and oxygen atoms in total. The summed E-state index contributed by atoms with van der Waals surface area (Å²) in [5, 5.41) is 11.2. The topological polar surface area (TPSA) is 65.0 Å². The monoisotopic (exact) mass is 418 g/mol. The molecular formula is C20H42O5Si2. The number of hydrogen-bond acceptors (Lipinski definition) is 5. The van der Waals surface area contributed by atoms with Crippen molar-refractivity contribution in [3.05, 3.63) is 0 Å². The standard InChI is InChI=1S/C20H42O5Si2/c1-18(2,3)26(8,9)24-15-12-16(25-27(10,11)19(4,5)6)14-20(22,13-15)17(21)23-7/h15-16,22H,12-14H2,1-11H3/t15-,16-/m0/s1. The van der Waals surface area contributed by atoms with Gasteiger partial charge in [-0.25, -0.2) is 4.79 Å². The minimum atomic E-state index is -2.03. The van der Waals surface area contributed by atoms with E-state index in [1.807, 2.05) is 0 Å². The van der Waals surface area contributed by atoms with E-state index in [4.69, 9.17) is 13.6 Å². The minimum absolute atomic E-state index is 0.0591. The Kier molecular flexibility index (Phi) is 7.26. The van der Waals surface area contributed by atoms with E-state index >= 15 is 0 Å². The first-order chi connectivity index (χ1) is 11.8. The summed E-state index contributed by atoms with van der Waals surface area (Å²) in [4.78, 5) is 12.3. The van der Waals surface area contributed by atoms with Crippen molar-refractivity contribution in [2.45, 2.75) is 115 Å². The lowest BCUT2D eigenvalue weighted by Crippen LogP contribution is -2.56.